The number of aliphatic hydroxyl groups is 1. The predicted octanol–water partition coefficient (Wildman–Crippen LogP) is 2.48. The van der Waals surface area contributed by atoms with Gasteiger partial charge in [-0.3, -0.25) is 4.90 Å². The van der Waals surface area contributed by atoms with Gasteiger partial charge in [0.15, 0.2) is 0 Å². The van der Waals surface area contributed by atoms with E-state index in [9.17, 15) is 5.11 Å². The number of nitrogens with zero attached hydrogens (tertiary/aromatic N) is 3. The molecule has 2 atom stereocenters. The molecule has 0 aliphatic carbocycles. The lowest BCUT2D eigenvalue weighted by Crippen LogP contribution is -2.37. The van der Waals surface area contributed by atoms with E-state index in [0.29, 0.717) is 19.0 Å². The van der Waals surface area contributed by atoms with Crippen molar-refractivity contribution in [2.45, 2.75) is 30.5 Å². The first kappa shape index (κ1) is 17.5. The summed E-state index contributed by atoms with van der Waals surface area (Å²) in [6, 6.07) is 8.43. The number of aromatic nitrogens is 1. The number of likely N-dealkylation sites (tertiary alicyclic amines) is 1. The molecule has 1 aliphatic rings. The molecule has 0 spiro atoms. The first-order valence-corrected chi connectivity index (χ1v) is 9.38. The van der Waals surface area contributed by atoms with Crippen molar-refractivity contribution in [1.82, 2.24) is 14.8 Å². The zero-order chi connectivity index (χ0) is 17.3. The van der Waals surface area contributed by atoms with Crippen LogP contribution in [0.5, 0.6) is 0 Å². The standard InChI is InChI=1S/C18H25N3O2S/c1-12-15(9-21-10-16(20(2)3)17(22)11-21)19-18(23-12)13-5-7-14(24-4)8-6-13/h5-8,16-17,22H,9-11H2,1-4H3/t16-,17-/m1/s1. The summed E-state index contributed by atoms with van der Waals surface area (Å²) in [5, 5.41) is 10.2. The van der Waals surface area contributed by atoms with Crippen molar-refractivity contribution >= 4 is 11.8 Å². The zero-order valence-electron chi connectivity index (χ0n) is 14.7. The molecule has 1 aliphatic heterocycles. The maximum Gasteiger partial charge on any atom is 0.226 e. The minimum atomic E-state index is -0.314. The van der Waals surface area contributed by atoms with Crippen molar-refractivity contribution in [1.29, 1.82) is 0 Å². The fraction of sp³-hybridized carbons (Fsp3) is 0.500. The van der Waals surface area contributed by atoms with Gasteiger partial charge in [0.05, 0.1) is 11.8 Å². The predicted molar refractivity (Wildman–Crippen MR) is 97.2 cm³/mol. The molecule has 1 saturated heterocycles. The zero-order valence-corrected chi connectivity index (χ0v) is 15.5. The molecule has 1 aromatic carbocycles. The molecular formula is C18H25N3O2S. The summed E-state index contributed by atoms with van der Waals surface area (Å²) >= 11 is 1.72. The molecule has 2 aromatic rings. The third-order valence-corrected chi connectivity index (χ3v) is 5.34. The van der Waals surface area contributed by atoms with Gasteiger partial charge in [-0.15, -0.1) is 11.8 Å². The van der Waals surface area contributed by atoms with E-state index in [1.54, 1.807) is 11.8 Å². The van der Waals surface area contributed by atoms with E-state index >= 15 is 0 Å². The van der Waals surface area contributed by atoms with E-state index in [4.69, 9.17) is 4.42 Å². The maximum atomic E-state index is 10.2. The van der Waals surface area contributed by atoms with Crippen LogP contribution < -0.4 is 0 Å². The molecule has 24 heavy (non-hydrogen) atoms. The van der Waals surface area contributed by atoms with Crippen molar-refractivity contribution in [3.63, 3.8) is 0 Å². The van der Waals surface area contributed by atoms with Gasteiger partial charge in [-0.2, -0.15) is 0 Å². The monoisotopic (exact) mass is 347 g/mol. The first-order valence-electron chi connectivity index (χ1n) is 8.15. The number of likely N-dealkylation sites (N-methyl/N-ethyl adjacent to an activating group) is 1. The SMILES string of the molecule is CSc1ccc(-c2nc(CN3C[C@@H](O)[C@H](N(C)C)C3)c(C)o2)cc1. The van der Waals surface area contributed by atoms with Gasteiger partial charge in [-0.05, 0) is 51.5 Å². The van der Waals surface area contributed by atoms with Crippen LogP contribution in [0.15, 0.2) is 33.6 Å². The van der Waals surface area contributed by atoms with Gasteiger partial charge < -0.3 is 14.4 Å². The number of rotatable bonds is 5. The average molecular weight is 347 g/mol. The van der Waals surface area contributed by atoms with Crippen molar-refractivity contribution in [2.24, 2.45) is 0 Å². The van der Waals surface area contributed by atoms with Crippen molar-refractivity contribution in [3.8, 4) is 11.5 Å². The number of aryl methyl sites for hydroxylation is 1. The third kappa shape index (κ3) is 3.67. The largest absolute Gasteiger partial charge is 0.441 e. The second-order valence-corrected chi connectivity index (χ2v) is 7.42. The Kier molecular flexibility index (Phi) is 5.30. The summed E-state index contributed by atoms with van der Waals surface area (Å²) in [6.45, 7) is 4.18. The van der Waals surface area contributed by atoms with Crippen LogP contribution in [0.1, 0.15) is 11.5 Å². The van der Waals surface area contributed by atoms with Gasteiger partial charge >= 0.3 is 0 Å². The van der Waals surface area contributed by atoms with E-state index in [2.05, 4.69) is 33.2 Å². The summed E-state index contributed by atoms with van der Waals surface area (Å²) in [6.07, 6.45) is 1.75. The van der Waals surface area contributed by atoms with Crippen molar-refractivity contribution in [3.05, 3.63) is 35.7 Å². The van der Waals surface area contributed by atoms with E-state index in [-0.39, 0.29) is 12.1 Å². The number of aliphatic hydroxyl groups excluding tert-OH is 1. The van der Waals surface area contributed by atoms with Crippen LogP contribution in [0.2, 0.25) is 0 Å². The Bertz CT molecular complexity index is 684. The van der Waals surface area contributed by atoms with Gasteiger partial charge in [0.25, 0.3) is 0 Å². The molecule has 0 bridgehead atoms. The number of hydrogen-bond acceptors (Lipinski definition) is 6. The molecule has 1 N–H and O–H groups in total. The molecule has 0 saturated carbocycles. The van der Waals surface area contributed by atoms with E-state index in [1.165, 1.54) is 4.90 Å². The Morgan fingerprint density at radius 1 is 1.29 bits per heavy atom. The fourth-order valence-electron chi connectivity index (χ4n) is 3.13. The Morgan fingerprint density at radius 2 is 2.00 bits per heavy atom. The number of β-amino-alcohol motifs (C(OH)–C–C–N with tert-alkyl or cyclic N) is 1. The summed E-state index contributed by atoms with van der Waals surface area (Å²) in [5.74, 6) is 1.51. The highest BCUT2D eigenvalue weighted by Gasteiger charge is 2.33. The van der Waals surface area contributed by atoms with E-state index in [1.807, 2.05) is 33.2 Å². The van der Waals surface area contributed by atoms with Gasteiger partial charge in [-0.25, -0.2) is 4.98 Å². The molecule has 0 radical (unpaired) electrons. The number of benzene rings is 1. The summed E-state index contributed by atoms with van der Waals surface area (Å²) in [7, 11) is 4.02. The quantitative estimate of drug-likeness (QED) is 0.839. The lowest BCUT2D eigenvalue weighted by molar-refractivity contribution is 0.112. The van der Waals surface area contributed by atoms with Gasteiger partial charge in [0.1, 0.15) is 5.76 Å². The maximum absolute atomic E-state index is 10.2. The molecule has 0 unspecified atom stereocenters. The highest BCUT2D eigenvalue weighted by atomic mass is 32.2. The smallest absolute Gasteiger partial charge is 0.226 e. The van der Waals surface area contributed by atoms with Crippen molar-refractivity contribution in [2.75, 3.05) is 33.4 Å². The normalized spacial score (nSPS) is 21.8. The van der Waals surface area contributed by atoms with E-state index in [0.717, 1.165) is 23.6 Å². The lowest BCUT2D eigenvalue weighted by atomic mass is 10.2. The van der Waals surface area contributed by atoms with Crippen LogP contribution in [0.4, 0.5) is 0 Å². The second-order valence-electron chi connectivity index (χ2n) is 6.54. The molecule has 3 rings (SSSR count). The van der Waals surface area contributed by atoms with Gasteiger partial charge in [-0.1, -0.05) is 0 Å². The Hall–Kier alpha value is -1.34. The Labute approximate surface area is 147 Å². The second kappa shape index (κ2) is 7.27. The Balaban J connectivity index is 1.72. The molecule has 0 amide bonds. The molecule has 6 heteroatoms. The summed E-state index contributed by atoms with van der Waals surface area (Å²) < 4.78 is 5.87. The molecule has 1 aromatic heterocycles. The van der Waals surface area contributed by atoms with Crippen LogP contribution in [0, 0.1) is 6.92 Å². The first-order chi connectivity index (χ1) is 11.5. The van der Waals surface area contributed by atoms with Crippen molar-refractivity contribution < 1.29 is 9.52 Å². The highest BCUT2D eigenvalue weighted by molar-refractivity contribution is 7.98. The van der Waals surface area contributed by atoms with Gasteiger partial charge in [0, 0.05) is 36.1 Å². The van der Waals surface area contributed by atoms with E-state index < -0.39 is 0 Å². The van der Waals surface area contributed by atoms with Crippen LogP contribution in [0.3, 0.4) is 0 Å². The average Bonchev–Trinajstić information content (AvgIpc) is 3.11. The van der Waals surface area contributed by atoms with Crippen LogP contribution in [-0.4, -0.2) is 65.5 Å². The molecule has 1 fully saturated rings. The molecule has 130 valence electrons. The van der Waals surface area contributed by atoms with Gasteiger partial charge in [0.2, 0.25) is 5.89 Å². The summed E-state index contributed by atoms with van der Waals surface area (Å²) in [5.41, 5.74) is 1.94. The minimum absolute atomic E-state index is 0.177. The molecular weight excluding hydrogens is 322 g/mol. The number of hydrogen-bond donors (Lipinski definition) is 1. The minimum Gasteiger partial charge on any atom is -0.441 e. The molecule has 2 heterocycles. The van der Waals surface area contributed by atoms with Crippen LogP contribution >= 0.6 is 11.8 Å². The lowest BCUT2D eigenvalue weighted by Gasteiger charge is -2.21. The summed E-state index contributed by atoms with van der Waals surface area (Å²) in [4.78, 5) is 10.2. The number of thioether (sulfide) groups is 1. The topological polar surface area (TPSA) is 52.7 Å². The Morgan fingerprint density at radius 3 is 2.58 bits per heavy atom. The third-order valence-electron chi connectivity index (χ3n) is 4.60. The number of oxazole rings is 1. The van der Waals surface area contributed by atoms with Crippen LogP contribution in [-0.2, 0) is 6.54 Å². The van der Waals surface area contributed by atoms with Crippen LogP contribution in [0.25, 0.3) is 11.5 Å². The highest BCUT2D eigenvalue weighted by Crippen LogP contribution is 2.26. The molecule has 5 nitrogen and oxygen atoms in total. The fourth-order valence-corrected chi connectivity index (χ4v) is 3.54.